The third-order valence-corrected chi connectivity index (χ3v) is 3.62. The van der Waals surface area contributed by atoms with Crippen LogP contribution < -0.4 is 5.73 Å². The third-order valence-electron chi connectivity index (χ3n) is 2.88. The van der Waals surface area contributed by atoms with E-state index in [0.717, 1.165) is 5.56 Å². The van der Waals surface area contributed by atoms with Gasteiger partial charge in [-0.2, -0.15) is 0 Å². The molecule has 1 aliphatic rings. The normalized spacial score (nSPS) is 20.4. The Morgan fingerprint density at radius 3 is 2.67 bits per heavy atom. The van der Waals surface area contributed by atoms with E-state index < -0.39 is 6.04 Å². The number of nitrogens with zero attached hydrogens (tertiary/aromatic N) is 1. The van der Waals surface area contributed by atoms with E-state index in [1.165, 1.54) is 4.90 Å². The summed E-state index contributed by atoms with van der Waals surface area (Å²) in [7, 11) is 0. The molecule has 1 aromatic rings. The Kier molecular flexibility index (Phi) is 3.90. The molecule has 2 N–H and O–H groups in total. The van der Waals surface area contributed by atoms with Gasteiger partial charge in [0.1, 0.15) is 0 Å². The summed E-state index contributed by atoms with van der Waals surface area (Å²) in [5.74, 6) is -0.537. The first-order chi connectivity index (χ1) is 8.49. The Bertz CT molecular complexity index is 505. The Morgan fingerprint density at radius 2 is 2.00 bits per heavy atom. The minimum Gasteiger partial charge on any atom is -0.320 e. The lowest BCUT2D eigenvalue weighted by molar-refractivity contribution is -0.149. The molecule has 4 nitrogen and oxygen atoms in total. The highest BCUT2D eigenvalue weighted by atomic mass is 35.5. The number of imide groups is 1. The first kappa shape index (κ1) is 13.3. The molecule has 0 saturated carbocycles. The van der Waals surface area contributed by atoms with Crippen molar-refractivity contribution in [3.05, 3.63) is 33.8 Å². The van der Waals surface area contributed by atoms with Gasteiger partial charge in [0.05, 0.1) is 22.6 Å². The lowest BCUT2D eigenvalue weighted by atomic mass is 10.0. The van der Waals surface area contributed by atoms with Gasteiger partial charge in [0.15, 0.2) is 0 Å². The third kappa shape index (κ3) is 2.66. The standard InChI is InChI=1S/C12H12Cl2N2O2/c13-8-2-1-7(5-9(8)14)6-16-11(17)4-3-10(15)12(16)18/h1-2,5,10H,3-4,6,15H2. The van der Waals surface area contributed by atoms with Crippen molar-refractivity contribution in [2.24, 2.45) is 5.73 Å². The van der Waals surface area contributed by atoms with Crippen molar-refractivity contribution in [2.45, 2.75) is 25.4 Å². The number of rotatable bonds is 2. The number of hydrogen-bond donors (Lipinski definition) is 1. The van der Waals surface area contributed by atoms with Crippen LogP contribution in [0, 0.1) is 0 Å². The molecule has 0 aliphatic carbocycles. The topological polar surface area (TPSA) is 63.4 Å². The predicted molar refractivity (Wildman–Crippen MR) is 69.2 cm³/mol. The van der Waals surface area contributed by atoms with Gasteiger partial charge < -0.3 is 5.73 Å². The monoisotopic (exact) mass is 286 g/mol. The van der Waals surface area contributed by atoms with E-state index in [4.69, 9.17) is 28.9 Å². The van der Waals surface area contributed by atoms with E-state index in [-0.39, 0.29) is 18.4 Å². The van der Waals surface area contributed by atoms with Gasteiger partial charge in [-0.15, -0.1) is 0 Å². The second kappa shape index (κ2) is 5.26. The number of piperidine rings is 1. The van der Waals surface area contributed by atoms with Crippen molar-refractivity contribution in [1.82, 2.24) is 4.90 Å². The van der Waals surface area contributed by atoms with Crippen molar-refractivity contribution in [3.8, 4) is 0 Å². The number of nitrogens with two attached hydrogens (primary N) is 1. The fraction of sp³-hybridized carbons (Fsp3) is 0.333. The largest absolute Gasteiger partial charge is 0.320 e. The average Bonchev–Trinajstić information content (AvgIpc) is 2.34. The minimum absolute atomic E-state index is 0.183. The maximum atomic E-state index is 11.8. The molecule has 0 spiro atoms. The number of hydrogen-bond acceptors (Lipinski definition) is 3. The molecule has 1 saturated heterocycles. The maximum Gasteiger partial charge on any atom is 0.246 e. The van der Waals surface area contributed by atoms with Crippen molar-refractivity contribution in [2.75, 3.05) is 0 Å². The summed E-state index contributed by atoms with van der Waals surface area (Å²) in [6, 6.07) is 4.42. The Labute approximate surface area is 115 Å². The van der Waals surface area contributed by atoms with Crippen LogP contribution in [-0.2, 0) is 16.1 Å². The second-order valence-corrected chi connectivity index (χ2v) is 5.03. The van der Waals surface area contributed by atoms with E-state index in [1.807, 2.05) is 0 Å². The maximum absolute atomic E-state index is 11.8. The van der Waals surface area contributed by atoms with Crippen LogP contribution in [-0.4, -0.2) is 22.8 Å². The van der Waals surface area contributed by atoms with Gasteiger partial charge in [-0.1, -0.05) is 29.3 Å². The van der Waals surface area contributed by atoms with Gasteiger partial charge in [-0.25, -0.2) is 0 Å². The van der Waals surface area contributed by atoms with Crippen LogP contribution in [0.4, 0.5) is 0 Å². The zero-order chi connectivity index (χ0) is 13.3. The van der Waals surface area contributed by atoms with Crippen molar-refractivity contribution < 1.29 is 9.59 Å². The van der Waals surface area contributed by atoms with E-state index in [2.05, 4.69) is 0 Å². The average molecular weight is 287 g/mol. The Morgan fingerprint density at radius 1 is 1.28 bits per heavy atom. The molecular weight excluding hydrogens is 275 g/mol. The SMILES string of the molecule is NC1CCC(=O)N(Cc2ccc(Cl)c(Cl)c2)C1=O. The van der Waals surface area contributed by atoms with Gasteiger partial charge in [-0.3, -0.25) is 14.5 Å². The highest BCUT2D eigenvalue weighted by Gasteiger charge is 2.31. The molecule has 6 heteroatoms. The van der Waals surface area contributed by atoms with Crippen LogP contribution in [0.2, 0.25) is 10.0 Å². The molecule has 1 aliphatic heterocycles. The molecular formula is C12H12Cl2N2O2. The molecule has 1 atom stereocenters. The van der Waals surface area contributed by atoms with Gasteiger partial charge in [0.2, 0.25) is 11.8 Å². The first-order valence-electron chi connectivity index (χ1n) is 5.53. The zero-order valence-electron chi connectivity index (χ0n) is 9.53. The molecule has 1 aromatic carbocycles. The summed E-state index contributed by atoms with van der Waals surface area (Å²) in [5.41, 5.74) is 6.40. The fourth-order valence-corrected chi connectivity index (χ4v) is 2.17. The van der Waals surface area contributed by atoms with E-state index >= 15 is 0 Å². The molecule has 18 heavy (non-hydrogen) atoms. The lowest BCUT2D eigenvalue weighted by Gasteiger charge is -2.28. The van der Waals surface area contributed by atoms with Crippen molar-refractivity contribution in [3.63, 3.8) is 0 Å². The van der Waals surface area contributed by atoms with E-state index in [0.29, 0.717) is 22.9 Å². The summed E-state index contributed by atoms with van der Waals surface area (Å²) in [6.07, 6.45) is 0.712. The number of carbonyl (C=O) groups is 2. The second-order valence-electron chi connectivity index (χ2n) is 4.21. The lowest BCUT2D eigenvalue weighted by Crippen LogP contribution is -2.50. The van der Waals surface area contributed by atoms with Crippen LogP contribution in [0.15, 0.2) is 18.2 Å². The zero-order valence-corrected chi connectivity index (χ0v) is 11.0. The Balaban J connectivity index is 2.18. The highest BCUT2D eigenvalue weighted by molar-refractivity contribution is 6.42. The molecule has 2 rings (SSSR count). The molecule has 0 aromatic heterocycles. The number of benzene rings is 1. The summed E-state index contributed by atoms with van der Waals surface area (Å²) in [6.45, 7) is 0.183. The number of amides is 2. The molecule has 96 valence electrons. The predicted octanol–water partition coefficient (Wildman–Crippen LogP) is 1.97. The van der Waals surface area contributed by atoms with Gasteiger partial charge >= 0.3 is 0 Å². The van der Waals surface area contributed by atoms with Crippen LogP contribution in [0.3, 0.4) is 0 Å². The Hall–Kier alpha value is -1.10. The van der Waals surface area contributed by atoms with Gasteiger partial charge in [0.25, 0.3) is 0 Å². The van der Waals surface area contributed by atoms with Gasteiger partial charge in [0, 0.05) is 6.42 Å². The molecule has 0 bridgehead atoms. The van der Waals surface area contributed by atoms with Crippen LogP contribution in [0.5, 0.6) is 0 Å². The van der Waals surface area contributed by atoms with E-state index in [1.54, 1.807) is 18.2 Å². The van der Waals surface area contributed by atoms with Crippen molar-refractivity contribution in [1.29, 1.82) is 0 Å². The van der Waals surface area contributed by atoms with Crippen molar-refractivity contribution >= 4 is 35.0 Å². The smallest absolute Gasteiger partial charge is 0.246 e. The highest BCUT2D eigenvalue weighted by Crippen LogP contribution is 2.24. The summed E-state index contributed by atoms with van der Waals surface area (Å²) in [4.78, 5) is 24.7. The summed E-state index contributed by atoms with van der Waals surface area (Å²) >= 11 is 11.7. The van der Waals surface area contributed by atoms with Gasteiger partial charge in [-0.05, 0) is 24.1 Å². The first-order valence-corrected chi connectivity index (χ1v) is 6.28. The molecule has 1 unspecified atom stereocenters. The molecule has 0 radical (unpaired) electrons. The van der Waals surface area contributed by atoms with Crippen LogP contribution in [0.25, 0.3) is 0 Å². The fourth-order valence-electron chi connectivity index (χ4n) is 1.85. The van der Waals surface area contributed by atoms with Crippen LogP contribution in [0.1, 0.15) is 18.4 Å². The van der Waals surface area contributed by atoms with Crippen LogP contribution >= 0.6 is 23.2 Å². The minimum atomic E-state index is -0.592. The number of likely N-dealkylation sites (tertiary alicyclic amines) is 1. The molecule has 1 fully saturated rings. The summed E-state index contributed by atoms with van der Waals surface area (Å²) in [5, 5.41) is 0.837. The molecule has 1 heterocycles. The number of halogens is 2. The molecule has 2 amide bonds. The number of carbonyl (C=O) groups excluding carboxylic acids is 2. The summed E-state index contributed by atoms with van der Waals surface area (Å²) < 4.78 is 0. The quantitative estimate of drug-likeness (QED) is 0.846. The van der Waals surface area contributed by atoms with E-state index in [9.17, 15) is 9.59 Å².